The third-order valence-electron chi connectivity index (χ3n) is 4.31. The van der Waals surface area contributed by atoms with Crippen molar-refractivity contribution in [2.24, 2.45) is 0 Å². The van der Waals surface area contributed by atoms with Crippen LogP contribution in [0.4, 0.5) is 0 Å². The first-order chi connectivity index (χ1) is 12.8. The number of aromatic nitrogens is 2. The van der Waals surface area contributed by atoms with Gasteiger partial charge in [-0.15, -0.1) is 23.1 Å². The predicted octanol–water partition coefficient (Wildman–Crippen LogP) is 2.21. The van der Waals surface area contributed by atoms with Gasteiger partial charge in [0.1, 0.15) is 10.7 Å². The molecule has 2 rings (SSSR count). The van der Waals surface area contributed by atoms with Gasteiger partial charge >= 0.3 is 0 Å². The second-order valence-electron chi connectivity index (χ2n) is 6.24. The third kappa shape index (κ3) is 5.10. The highest BCUT2D eigenvalue weighted by molar-refractivity contribution is 7.99. The van der Waals surface area contributed by atoms with Crippen molar-refractivity contribution >= 4 is 45.1 Å². The second kappa shape index (κ2) is 9.36. The Kier molecular flexibility index (Phi) is 7.43. The van der Waals surface area contributed by atoms with E-state index in [0.29, 0.717) is 30.1 Å². The fraction of sp³-hybridized carbons (Fsp3) is 0.556. The molecule has 0 saturated heterocycles. The maximum atomic E-state index is 12.6. The van der Waals surface area contributed by atoms with E-state index in [-0.39, 0.29) is 29.2 Å². The van der Waals surface area contributed by atoms with Crippen molar-refractivity contribution in [3.8, 4) is 0 Å². The molecule has 148 valence electrons. The van der Waals surface area contributed by atoms with E-state index in [1.807, 2.05) is 34.6 Å². The SMILES string of the molecule is CCNC(=O)CN(CC)C(=O)C(C)SCc1nc2sc(C)c(C)c2c(=O)[nH]1. The number of hydrogen-bond donors (Lipinski definition) is 2. The molecule has 0 fully saturated rings. The van der Waals surface area contributed by atoms with Crippen LogP contribution in [0.25, 0.3) is 10.2 Å². The summed E-state index contributed by atoms with van der Waals surface area (Å²) in [6.45, 7) is 10.5. The number of aromatic amines is 1. The minimum Gasteiger partial charge on any atom is -0.355 e. The number of nitrogens with zero attached hydrogens (tertiary/aromatic N) is 2. The Morgan fingerprint density at radius 2 is 2.04 bits per heavy atom. The number of thioether (sulfide) groups is 1. The Morgan fingerprint density at radius 1 is 1.33 bits per heavy atom. The van der Waals surface area contributed by atoms with Crippen LogP contribution in [0, 0.1) is 13.8 Å². The van der Waals surface area contributed by atoms with Crippen LogP contribution in [0.1, 0.15) is 37.0 Å². The number of thiophene rings is 1. The van der Waals surface area contributed by atoms with Gasteiger partial charge < -0.3 is 15.2 Å². The van der Waals surface area contributed by atoms with Crippen LogP contribution in [0.15, 0.2) is 4.79 Å². The highest BCUT2D eigenvalue weighted by Crippen LogP contribution is 2.26. The first kappa shape index (κ1) is 21.4. The van der Waals surface area contributed by atoms with Crippen molar-refractivity contribution in [3.63, 3.8) is 0 Å². The fourth-order valence-corrected chi connectivity index (χ4v) is 4.56. The van der Waals surface area contributed by atoms with Gasteiger partial charge in [0.15, 0.2) is 0 Å². The molecule has 0 aliphatic carbocycles. The molecule has 0 aliphatic heterocycles. The molecule has 2 aromatic heterocycles. The molecule has 0 radical (unpaired) electrons. The van der Waals surface area contributed by atoms with Gasteiger partial charge in [0.05, 0.1) is 22.9 Å². The molecule has 2 amide bonds. The summed E-state index contributed by atoms with van der Waals surface area (Å²) < 4.78 is 0. The average Bonchev–Trinajstić information content (AvgIpc) is 2.91. The lowest BCUT2D eigenvalue weighted by Crippen LogP contribution is -2.43. The summed E-state index contributed by atoms with van der Waals surface area (Å²) in [5.41, 5.74) is 0.832. The monoisotopic (exact) mass is 410 g/mol. The Balaban J connectivity index is 2.04. The highest BCUT2D eigenvalue weighted by Gasteiger charge is 2.22. The molecular weight excluding hydrogens is 384 g/mol. The van der Waals surface area contributed by atoms with E-state index in [0.717, 1.165) is 15.3 Å². The van der Waals surface area contributed by atoms with E-state index in [1.54, 1.807) is 0 Å². The van der Waals surface area contributed by atoms with Crippen molar-refractivity contribution < 1.29 is 9.59 Å². The van der Waals surface area contributed by atoms with E-state index >= 15 is 0 Å². The summed E-state index contributed by atoms with van der Waals surface area (Å²) >= 11 is 2.91. The first-order valence-corrected chi connectivity index (χ1v) is 10.8. The number of likely N-dealkylation sites (N-methyl/N-ethyl adjacent to an activating group) is 2. The van der Waals surface area contributed by atoms with E-state index in [9.17, 15) is 14.4 Å². The highest BCUT2D eigenvalue weighted by atomic mass is 32.2. The number of amides is 2. The Hall–Kier alpha value is -1.87. The predicted molar refractivity (Wildman–Crippen MR) is 111 cm³/mol. The quantitative estimate of drug-likeness (QED) is 0.696. The molecule has 0 spiro atoms. The summed E-state index contributed by atoms with van der Waals surface area (Å²) in [7, 11) is 0. The Morgan fingerprint density at radius 3 is 2.67 bits per heavy atom. The zero-order valence-electron chi connectivity index (χ0n) is 16.3. The lowest BCUT2D eigenvalue weighted by molar-refractivity contribution is -0.135. The zero-order chi connectivity index (χ0) is 20.1. The Bertz CT molecular complexity index is 891. The first-order valence-electron chi connectivity index (χ1n) is 8.94. The number of nitrogens with one attached hydrogen (secondary N) is 2. The van der Waals surface area contributed by atoms with Crippen LogP contribution < -0.4 is 10.9 Å². The van der Waals surface area contributed by atoms with E-state index in [1.165, 1.54) is 28.0 Å². The summed E-state index contributed by atoms with van der Waals surface area (Å²) in [5, 5.41) is 3.01. The van der Waals surface area contributed by atoms with Crippen molar-refractivity contribution in [1.82, 2.24) is 20.2 Å². The Labute approximate surface area is 166 Å². The second-order valence-corrected chi connectivity index (χ2v) is 8.77. The minimum atomic E-state index is -0.341. The molecule has 0 saturated carbocycles. The van der Waals surface area contributed by atoms with Gasteiger partial charge in [-0.3, -0.25) is 14.4 Å². The molecule has 1 unspecified atom stereocenters. The van der Waals surface area contributed by atoms with E-state index in [2.05, 4.69) is 15.3 Å². The van der Waals surface area contributed by atoms with Crippen molar-refractivity contribution in [3.05, 3.63) is 26.6 Å². The molecule has 0 bridgehead atoms. The summed E-state index contributed by atoms with van der Waals surface area (Å²) in [6.07, 6.45) is 0. The number of hydrogen-bond acceptors (Lipinski definition) is 6. The third-order valence-corrected chi connectivity index (χ3v) is 6.55. The summed E-state index contributed by atoms with van der Waals surface area (Å²) in [6, 6.07) is 0. The van der Waals surface area contributed by atoms with Crippen LogP contribution in [-0.2, 0) is 15.3 Å². The number of fused-ring (bicyclic) bond motifs is 1. The molecule has 0 aromatic carbocycles. The summed E-state index contributed by atoms with van der Waals surface area (Å²) in [4.78, 5) is 47.4. The van der Waals surface area contributed by atoms with Crippen molar-refractivity contribution in [2.45, 2.75) is 45.6 Å². The molecular formula is C18H26N4O3S2. The molecule has 1 atom stereocenters. The van der Waals surface area contributed by atoms with Crippen molar-refractivity contribution in [1.29, 1.82) is 0 Å². The zero-order valence-corrected chi connectivity index (χ0v) is 18.0. The van der Waals surface area contributed by atoms with Gasteiger partial charge in [0, 0.05) is 18.0 Å². The van der Waals surface area contributed by atoms with Crippen LogP contribution in [0.5, 0.6) is 0 Å². The topological polar surface area (TPSA) is 95.2 Å². The molecule has 0 aliphatic rings. The normalized spacial score (nSPS) is 12.2. The maximum absolute atomic E-state index is 12.6. The largest absolute Gasteiger partial charge is 0.355 e. The average molecular weight is 411 g/mol. The van der Waals surface area contributed by atoms with Gasteiger partial charge in [-0.2, -0.15) is 0 Å². The van der Waals surface area contributed by atoms with Gasteiger partial charge in [-0.1, -0.05) is 0 Å². The molecule has 27 heavy (non-hydrogen) atoms. The number of H-pyrrole nitrogens is 1. The van der Waals surface area contributed by atoms with E-state index < -0.39 is 0 Å². The molecule has 2 heterocycles. The number of rotatable bonds is 8. The summed E-state index contributed by atoms with van der Waals surface area (Å²) in [5.74, 6) is 0.724. The maximum Gasteiger partial charge on any atom is 0.259 e. The van der Waals surface area contributed by atoms with Crippen LogP contribution in [-0.4, -0.2) is 51.6 Å². The van der Waals surface area contributed by atoms with Gasteiger partial charge in [-0.25, -0.2) is 4.98 Å². The van der Waals surface area contributed by atoms with Gasteiger partial charge in [0.2, 0.25) is 11.8 Å². The van der Waals surface area contributed by atoms with Gasteiger partial charge in [0.25, 0.3) is 5.56 Å². The van der Waals surface area contributed by atoms with Crippen LogP contribution >= 0.6 is 23.1 Å². The minimum absolute atomic E-state index is 0.0584. The van der Waals surface area contributed by atoms with Crippen LogP contribution in [0.2, 0.25) is 0 Å². The molecule has 9 heteroatoms. The van der Waals surface area contributed by atoms with E-state index in [4.69, 9.17) is 0 Å². The number of carbonyl (C=O) groups excluding carboxylic acids is 2. The molecule has 7 nitrogen and oxygen atoms in total. The lowest BCUT2D eigenvalue weighted by Gasteiger charge is -2.23. The number of aryl methyl sites for hydroxylation is 2. The standard InChI is InChI=1S/C18H26N4O3S2/c1-6-19-14(23)8-22(7-2)18(25)12(5)26-9-13-20-16(24)15-10(3)11(4)27-17(15)21-13/h12H,6-9H2,1-5H3,(H,19,23)(H,20,21,24). The lowest BCUT2D eigenvalue weighted by atomic mass is 10.2. The van der Waals surface area contributed by atoms with Crippen molar-refractivity contribution in [2.75, 3.05) is 19.6 Å². The number of carbonyl (C=O) groups is 2. The van der Waals surface area contributed by atoms with Crippen LogP contribution in [0.3, 0.4) is 0 Å². The van der Waals surface area contributed by atoms with Gasteiger partial charge in [-0.05, 0) is 40.2 Å². The molecule has 2 N–H and O–H groups in total. The fourth-order valence-electron chi connectivity index (χ4n) is 2.67. The smallest absolute Gasteiger partial charge is 0.259 e. The molecule has 2 aromatic rings.